The lowest BCUT2D eigenvalue weighted by atomic mass is 9.95. The second-order valence-electron chi connectivity index (χ2n) is 11.7. The smallest absolute Gasteiger partial charge is 0.378 e. The molecule has 3 heterocycles. The highest BCUT2D eigenvalue weighted by molar-refractivity contribution is 6.11. The standard InChI is InChI=1S/C31H34F5N5O3/c1-17-12-41(13-18(2)40(17)4)28-6-5-19(22-7-20(25(32)10-26(22)33)14-39(3)21-15-44-16-21)8-27(28)38-30(43)23-11-37-29(42)9-24(23)31(34,35)36/h5-11,17-18,21,23H,12-16H2,1-4H3,(H,38,43)/t17-,18+,23?. The maximum Gasteiger partial charge on any atom is 0.414 e. The van der Waals surface area contributed by atoms with Crippen molar-refractivity contribution < 1.29 is 36.3 Å². The molecule has 2 aromatic rings. The summed E-state index contributed by atoms with van der Waals surface area (Å²) in [6, 6.07) is 7.37. The lowest BCUT2D eigenvalue weighted by Gasteiger charge is -2.44. The minimum Gasteiger partial charge on any atom is -0.378 e. The van der Waals surface area contributed by atoms with E-state index in [1.165, 1.54) is 12.1 Å². The van der Waals surface area contributed by atoms with Gasteiger partial charge < -0.3 is 15.0 Å². The molecule has 13 heteroatoms. The van der Waals surface area contributed by atoms with Crippen molar-refractivity contribution in [2.45, 2.75) is 44.7 Å². The van der Waals surface area contributed by atoms with Gasteiger partial charge in [-0.15, -0.1) is 0 Å². The Morgan fingerprint density at radius 1 is 1.09 bits per heavy atom. The molecule has 44 heavy (non-hydrogen) atoms. The quantitative estimate of drug-likeness (QED) is 0.455. The Morgan fingerprint density at radius 2 is 1.77 bits per heavy atom. The van der Waals surface area contributed by atoms with Crippen LogP contribution >= 0.6 is 0 Å². The first-order chi connectivity index (χ1) is 20.7. The number of ether oxygens (including phenoxy) is 1. The Labute approximate surface area is 252 Å². The van der Waals surface area contributed by atoms with E-state index >= 15 is 4.39 Å². The molecule has 0 aliphatic carbocycles. The first-order valence-electron chi connectivity index (χ1n) is 14.3. The molecule has 3 aliphatic rings. The lowest BCUT2D eigenvalue weighted by molar-refractivity contribution is -0.124. The summed E-state index contributed by atoms with van der Waals surface area (Å²) in [5, 5.41) is 2.60. The monoisotopic (exact) mass is 619 g/mol. The van der Waals surface area contributed by atoms with E-state index < -0.39 is 41.1 Å². The number of carbonyl (C=O) groups excluding carboxylic acids is 2. The topological polar surface area (TPSA) is 77.5 Å². The van der Waals surface area contributed by atoms with Gasteiger partial charge in [-0.1, -0.05) is 6.07 Å². The highest BCUT2D eigenvalue weighted by Crippen LogP contribution is 2.38. The van der Waals surface area contributed by atoms with E-state index in [-0.39, 0.29) is 41.5 Å². The van der Waals surface area contributed by atoms with Crippen LogP contribution in [-0.2, 0) is 20.9 Å². The Kier molecular flexibility index (Phi) is 8.92. The van der Waals surface area contributed by atoms with Crippen molar-refractivity contribution in [3.05, 3.63) is 59.2 Å². The second-order valence-corrected chi connectivity index (χ2v) is 11.7. The molecular weight excluding hydrogens is 585 g/mol. The van der Waals surface area contributed by atoms with E-state index in [2.05, 4.69) is 15.2 Å². The largest absolute Gasteiger partial charge is 0.414 e. The van der Waals surface area contributed by atoms with E-state index in [1.54, 1.807) is 12.1 Å². The van der Waals surface area contributed by atoms with E-state index in [0.717, 1.165) is 6.07 Å². The molecule has 3 atom stereocenters. The molecule has 236 valence electrons. The average Bonchev–Trinajstić information content (AvgIpc) is 2.91. The van der Waals surface area contributed by atoms with E-state index in [9.17, 15) is 27.2 Å². The summed E-state index contributed by atoms with van der Waals surface area (Å²) >= 11 is 0. The zero-order valence-corrected chi connectivity index (χ0v) is 24.8. The van der Waals surface area contributed by atoms with Crippen molar-refractivity contribution >= 4 is 29.4 Å². The fraction of sp³-hybridized carbons (Fsp3) is 0.452. The molecule has 5 rings (SSSR count). The van der Waals surface area contributed by atoms with E-state index in [1.807, 2.05) is 37.7 Å². The number of nitrogens with zero attached hydrogens (tertiary/aromatic N) is 4. The van der Waals surface area contributed by atoms with E-state index in [0.29, 0.717) is 49.8 Å². The van der Waals surface area contributed by atoms with Gasteiger partial charge in [0.2, 0.25) is 5.91 Å². The summed E-state index contributed by atoms with van der Waals surface area (Å²) < 4.78 is 76.6. The number of alkyl halides is 3. The molecule has 8 nitrogen and oxygen atoms in total. The molecule has 1 unspecified atom stereocenters. The van der Waals surface area contributed by atoms with Crippen molar-refractivity contribution in [1.29, 1.82) is 0 Å². The zero-order chi connectivity index (χ0) is 31.9. The molecule has 0 saturated carbocycles. The van der Waals surface area contributed by atoms with Crippen LogP contribution in [0.25, 0.3) is 11.1 Å². The molecule has 2 saturated heterocycles. The summed E-state index contributed by atoms with van der Waals surface area (Å²) in [5.41, 5.74) is -0.0192. The molecule has 3 aliphatic heterocycles. The number of anilines is 2. The van der Waals surface area contributed by atoms with Crippen molar-refractivity contribution in [3.63, 3.8) is 0 Å². The number of piperazine rings is 1. The molecule has 2 amide bonds. The highest BCUT2D eigenvalue weighted by Gasteiger charge is 2.43. The van der Waals surface area contributed by atoms with Crippen molar-refractivity contribution in [2.24, 2.45) is 10.9 Å². The van der Waals surface area contributed by atoms with Crippen LogP contribution in [0.5, 0.6) is 0 Å². The third kappa shape index (κ3) is 6.54. The second kappa shape index (κ2) is 12.4. The molecule has 0 spiro atoms. The van der Waals surface area contributed by atoms with Crippen molar-refractivity contribution in [2.75, 3.05) is 50.6 Å². The fourth-order valence-corrected chi connectivity index (χ4v) is 5.66. The van der Waals surface area contributed by atoms with Crippen molar-refractivity contribution in [3.8, 4) is 11.1 Å². The minimum absolute atomic E-state index is 0.0718. The van der Waals surface area contributed by atoms with Gasteiger partial charge in [0.15, 0.2) is 0 Å². The number of nitrogens with one attached hydrogen (secondary N) is 1. The first-order valence-corrected chi connectivity index (χ1v) is 14.3. The van der Waals surface area contributed by atoms with Crippen LogP contribution in [0.15, 0.2) is 47.0 Å². The Balaban J connectivity index is 1.53. The normalized spacial score (nSPS) is 23.1. The SMILES string of the molecule is C[C@@H]1CN(c2ccc(-c3cc(CN(C)C4COC4)c(F)cc3F)cc2NC(=O)C2C=NC(=O)C=C2C(F)(F)F)C[C@H](C)N1C. The van der Waals surface area contributed by atoms with Crippen LogP contribution in [0.3, 0.4) is 0 Å². The predicted octanol–water partition coefficient (Wildman–Crippen LogP) is 4.65. The zero-order valence-electron chi connectivity index (χ0n) is 24.8. The summed E-state index contributed by atoms with van der Waals surface area (Å²) in [5.74, 6) is -5.56. The van der Waals surface area contributed by atoms with Gasteiger partial charge in [-0.2, -0.15) is 13.2 Å². The van der Waals surface area contributed by atoms with Crippen LogP contribution in [0.4, 0.5) is 33.3 Å². The van der Waals surface area contributed by atoms with Gasteiger partial charge in [0.25, 0.3) is 5.91 Å². The number of likely N-dealkylation sites (N-methyl/N-ethyl adjacent to an activating group) is 2. The van der Waals surface area contributed by atoms with Gasteiger partial charge in [-0.3, -0.25) is 19.4 Å². The highest BCUT2D eigenvalue weighted by atomic mass is 19.4. The molecule has 0 bridgehead atoms. The van der Waals surface area contributed by atoms with Gasteiger partial charge in [0.05, 0.1) is 36.2 Å². The fourth-order valence-electron chi connectivity index (χ4n) is 5.66. The molecule has 2 aromatic carbocycles. The van der Waals surface area contributed by atoms with Gasteiger partial charge in [-0.25, -0.2) is 13.8 Å². The van der Waals surface area contributed by atoms with Crippen LogP contribution < -0.4 is 10.2 Å². The summed E-state index contributed by atoms with van der Waals surface area (Å²) in [6.07, 6.45) is -3.95. The summed E-state index contributed by atoms with van der Waals surface area (Å²) in [7, 11) is 3.82. The maximum absolute atomic E-state index is 15.2. The Hall–Kier alpha value is -3.68. The predicted molar refractivity (Wildman–Crippen MR) is 157 cm³/mol. The van der Waals surface area contributed by atoms with E-state index in [4.69, 9.17) is 4.74 Å². The molecular formula is C31H34F5N5O3. The number of hydrogen-bond acceptors (Lipinski definition) is 6. The van der Waals surface area contributed by atoms with Gasteiger partial charge in [-0.05, 0) is 51.7 Å². The summed E-state index contributed by atoms with van der Waals surface area (Å²) in [4.78, 5) is 34.5. The molecule has 0 aromatic heterocycles. The van der Waals surface area contributed by atoms with Crippen LogP contribution in [0, 0.1) is 17.6 Å². The average molecular weight is 620 g/mol. The van der Waals surface area contributed by atoms with Gasteiger partial charge in [0, 0.05) is 61.2 Å². The maximum atomic E-state index is 15.2. The molecule has 0 radical (unpaired) electrons. The number of carbonyl (C=O) groups is 2. The van der Waals surface area contributed by atoms with Crippen LogP contribution in [0.1, 0.15) is 19.4 Å². The first kappa shape index (κ1) is 31.7. The van der Waals surface area contributed by atoms with Gasteiger partial charge in [0.1, 0.15) is 17.6 Å². The minimum atomic E-state index is -4.94. The van der Waals surface area contributed by atoms with Crippen LogP contribution in [-0.4, -0.2) is 92.5 Å². The number of dihydropyridines is 1. The van der Waals surface area contributed by atoms with Crippen LogP contribution in [0.2, 0.25) is 0 Å². The Bertz CT molecular complexity index is 1490. The molecule has 1 N–H and O–H groups in total. The van der Waals surface area contributed by atoms with Gasteiger partial charge >= 0.3 is 6.18 Å². The number of rotatable bonds is 7. The Morgan fingerprint density at radius 3 is 2.39 bits per heavy atom. The number of amides is 2. The number of halogens is 5. The molecule has 2 fully saturated rings. The number of hydrogen-bond donors (Lipinski definition) is 1. The lowest BCUT2D eigenvalue weighted by Crippen LogP contribution is -2.55. The third-order valence-electron chi connectivity index (χ3n) is 8.64. The third-order valence-corrected chi connectivity index (χ3v) is 8.64. The summed E-state index contributed by atoms with van der Waals surface area (Å²) in [6.45, 7) is 6.43. The number of aliphatic imine (C=N–C) groups is 1. The number of benzene rings is 2. The van der Waals surface area contributed by atoms with Crippen molar-refractivity contribution in [1.82, 2.24) is 9.80 Å².